The zero-order chi connectivity index (χ0) is 15.6. The highest BCUT2D eigenvalue weighted by Gasteiger charge is 2.22. The Balaban J connectivity index is 2.57. The molecule has 110 valence electrons. The average Bonchev–Trinajstić information content (AvgIpc) is 2.80. The van der Waals surface area contributed by atoms with E-state index in [9.17, 15) is 25.0 Å². The first-order chi connectivity index (χ1) is 9.93. The Labute approximate surface area is 117 Å². The molecule has 0 aliphatic rings. The van der Waals surface area contributed by atoms with Crippen LogP contribution in [0.1, 0.15) is 6.92 Å². The lowest BCUT2D eigenvalue weighted by Gasteiger charge is -2.03. The van der Waals surface area contributed by atoms with E-state index in [-0.39, 0.29) is 24.1 Å². The van der Waals surface area contributed by atoms with Crippen LogP contribution in [0.15, 0.2) is 18.3 Å². The van der Waals surface area contributed by atoms with Gasteiger partial charge in [-0.1, -0.05) is 0 Å². The third kappa shape index (κ3) is 2.78. The summed E-state index contributed by atoms with van der Waals surface area (Å²) >= 11 is 0. The van der Waals surface area contributed by atoms with Gasteiger partial charge in [-0.2, -0.15) is 5.10 Å². The lowest BCUT2D eigenvalue weighted by molar-refractivity contribution is -0.393. The summed E-state index contributed by atoms with van der Waals surface area (Å²) in [6, 6.07) is 1.99. The summed E-state index contributed by atoms with van der Waals surface area (Å²) < 4.78 is 5.88. The molecule has 0 bridgehead atoms. The quantitative estimate of drug-likeness (QED) is 0.462. The molecule has 0 spiro atoms. The minimum absolute atomic E-state index is 0.120. The second-order valence-corrected chi connectivity index (χ2v) is 4.02. The number of nitro groups is 2. The van der Waals surface area contributed by atoms with E-state index in [1.54, 1.807) is 6.92 Å². The van der Waals surface area contributed by atoms with Crippen LogP contribution in [0.5, 0.6) is 0 Å². The number of rotatable bonds is 5. The highest BCUT2D eigenvalue weighted by Crippen LogP contribution is 2.30. The molecule has 0 fully saturated rings. The van der Waals surface area contributed by atoms with Crippen molar-refractivity contribution in [2.75, 3.05) is 6.61 Å². The van der Waals surface area contributed by atoms with Gasteiger partial charge in [0.1, 0.15) is 6.54 Å². The third-order valence-corrected chi connectivity index (χ3v) is 2.72. The molecular weight excluding hydrogens is 284 g/mol. The molecule has 1 heterocycles. The third-order valence-electron chi connectivity index (χ3n) is 2.72. The van der Waals surface area contributed by atoms with E-state index in [1.807, 2.05) is 0 Å². The van der Waals surface area contributed by atoms with Gasteiger partial charge >= 0.3 is 5.97 Å². The summed E-state index contributed by atoms with van der Waals surface area (Å²) in [6.45, 7) is 1.53. The standard InChI is InChI=1S/C11H10N4O6/c1-2-21-11(16)6-13-9-3-7(14(17)18)4-10(15(19)20)8(9)5-12-13/h3-5H,2,6H2,1H3. The van der Waals surface area contributed by atoms with Crippen molar-refractivity contribution in [3.8, 4) is 0 Å². The topological polar surface area (TPSA) is 130 Å². The van der Waals surface area contributed by atoms with Crippen molar-refractivity contribution in [3.63, 3.8) is 0 Å². The van der Waals surface area contributed by atoms with Crippen molar-refractivity contribution < 1.29 is 19.4 Å². The number of carbonyl (C=O) groups excluding carboxylic acids is 1. The lowest BCUT2D eigenvalue weighted by atomic mass is 10.2. The summed E-state index contributed by atoms with van der Waals surface area (Å²) in [5.74, 6) is -0.586. The summed E-state index contributed by atoms with van der Waals surface area (Å²) in [5, 5.41) is 25.8. The molecule has 2 rings (SSSR count). The number of esters is 1. The molecule has 0 aliphatic carbocycles. The summed E-state index contributed by atoms with van der Waals surface area (Å²) in [4.78, 5) is 31.8. The largest absolute Gasteiger partial charge is 0.465 e. The summed E-state index contributed by atoms with van der Waals surface area (Å²) in [5.41, 5.74) is -0.752. The Kier molecular flexibility index (Phi) is 3.78. The smallest absolute Gasteiger partial charge is 0.327 e. The minimum atomic E-state index is -0.742. The Morgan fingerprint density at radius 3 is 2.62 bits per heavy atom. The number of ether oxygens (including phenoxy) is 1. The van der Waals surface area contributed by atoms with Crippen LogP contribution in [0.25, 0.3) is 10.9 Å². The van der Waals surface area contributed by atoms with Gasteiger partial charge in [0.25, 0.3) is 11.4 Å². The van der Waals surface area contributed by atoms with Crippen LogP contribution >= 0.6 is 0 Å². The van der Waals surface area contributed by atoms with E-state index in [2.05, 4.69) is 5.10 Å². The fraction of sp³-hybridized carbons (Fsp3) is 0.273. The molecule has 0 atom stereocenters. The molecule has 0 saturated heterocycles. The fourth-order valence-electron chi connectivity index (χ4n) is 1.86. The molecule has 0 radical (unpaired) electrons. The zero-order valence-electron chi connectivity index (χ0n) is 10.9. The molecule has 10 nitrogen and oxygen atoms in total. The second-order valence-electron chi connectivity index (χ2n) is 4.02. The van der Waals surface area contributed by atoms with Crippen molar-refractivity contribution in [2.24, 2.45) is 0 Å². The molecule has 0 amide bonds. The molecule has 0 saturated carbocycles. The van der Waals surface area contributed by atoms with Crippen LogP contribution in [-0.2, 0) is 16.1 Å². The number of aromatic nitrogens is 2. The number of nitro benzene ring substituents is 2. The van der Waals surface area contributed by atoms with Crippen LogP contribution < -0.4 is 0 Å². The van der Waals surface area contributed by atoms with Crippen molar-refractivity contribution in [1.82, 2.24) is 9.78 Å². The molecule has 1 aromatic heterocycles. The highest BCUT2D eigenvalue weighted by molar-refractivity contribution is 5.91. The number of nitrogens with zero attached hydrogens (tertiary/aromatic N) is 4. The Morgan fingerprint density at radius 2 is 2.05 bits per heavy atom. The molecule has 2 aromatic rings. The number of hydrogen-bond acceptors (Lipinski definition) is 7. The SMILES string of the molecule is CCOC(=O)Cn1ncc2c([N+](=O)[O-])cc([N+](=O)[O-])cc21. The minimum Gasteiger partial charge on any atom is -0.465 e. The maximum absolute atomic E-state index is 11.4. The van der Waals surface area contributed by atoms with Gasteiger partial charge in [-0.3, -0.25) is 29.7 Å². The fourth-order valence-corrected chi connectivity index (χ4v) is 1.86. The number of hydrogen-bond donors (Lipinski definition) is 0. The molecule has 10 heteroatoms. The Bertz CT molecular complexity index is 738. The van der Waals surface area contributed by atoms with Gasteiger partial charge in [-0.05, 0) is 6.92 Å². The normalized spacial score (nSPS) is 10.5. The first-order valence-corrected chi connectivity index (χ1v) is 5.88. The number of fused-ring (bicyclic) bond motifs is 1. The Hall–Kier alpha value is -3.04. The van der Waals surface area contributed by atoms with Crippen LogP contribution in [0, 0.1) is 20.2 Å². The van der Waals surface area contributed by atoms with E-state index in [0.29, 0.717) is 0 Å². The van der Waals surface area contributed by atoms with Crippen molar-refractivity contribution in [3.05, 3.63) is 38.6 Å². The molecule has 0 aliphatic heterocycles. The molecule has 1 aromatic carbocycles. The van der Waals surface area contributed by atoms with Crippen LogP contribution in [0.4, 0.5) is 11.4 Å². The first kappa shape index (κ1) is 14.4. The van der Waals surface area contributed by atoms with Gasteiger partial charge in [0.15, 0.2) is 0 Å². The van der Waals surface area contributed by atoms with Gasteiger partial charge < -0.3 is 4.74 Å². The van der Waals surface area contributed by atoms with Gasteiger partial charge in [0.05, 0.1) is 39.6 Å². The maximum atomic E-state index is 11.4. The first-order valence-electron chi connectivity index (χ1n) is 5.88. The van der Waals surface area contributed by atoms with Gasteiger partial charge in [-0.15, -0.1) is 0 Å². The molecule has 0 unspecified atom stereocenters. The summed E-state index contributed by atoms with van der Waals surface area (Å²) in [6.07, 6.45) is 1.19. The molecular formula is C11H10N4O6. The lowest BCUT2D eigenvalue weighted by Crippen LogP contribution is -2.14. The van der Waals surface area contributed by atoms with E-state index in [4.69, 9.17) is 4.74 Å². The molecule has 0 N–H and O–H groups in total. The van der Waals surface area contributed by atoms with Gasteiger partial charge in [0, 0.05) is 6.07 Å². The monoisotopic (exact) mass is 294 g/mol. The van der Waals surface area contributed by atoms with Crippen molar-refractivity contribution in [2.45, 2.75) is 13.5 Å². The second kappa shape index (κ2) is 5.53. The van der Waals surface area contributed by atoms with Crippen LogP contribution in [-0.4, -0.2) is 32.2 Å². The average molecular weight is 294 g/mol. The predicted molar refractivity (Wildman–Crippen MR) is 69.7 cm³/mol. The number of carbonyl (C=O) groups is 1. The summed E-state index contributed by atoms with van der Waals surface area (Å²) in [7, 11) is 0. The Morgan fingerprint density at radius 1 is 1.33 bits per heavy atom. The predicted octanol–water partition coefficient (Wildman–Crippen LogP) is 1.42. The van der Waals surface area contributed by atoms with E-state index in [0.717, 1.165) is 16.8 Å². The number of benzene rings is 1. The van der Waals surface area contributed by atoms with Crippen LogP contribution in [0.2, 0.25) is 0 Å². The van der Waals surface area contributed by atoms with Crippen molar-refractivity contribution >= 4 is 28.2 Å². The number of non-ortho nitro benzene ring substituents is 2. The highest BCUT2D eigenvalue weighted by atomic mass is 16.6. The maximum Gasteiger partial charge on any atom is 0.327 e. The van der Waals surface area contributed by atoms with Gasteiger partial charge in [0.2, 0.25) is 0 Å². The van der Waals surface area contributed by atoms with E-state index in [1.165, 1.54) is 6.20 Å². The van der Waals surface area contributed by atoms with Gasteiger partial charge in [-0.25, -0.2) is 0 Å². The van der Waals surface area contributed by atoms with Crippen LogP contribution in [0.3, 0.4) is 0 Å². The zero-order valence-corrected chi connectivity index (χ0v) is 10.9. The molecule has 21 heavy (non-hydrogen) atoms. The van der Waals surface area contributed by atoms with E-state index < -0.39 is 27.2 Å². The van der Waals surface area contributed by atoms with Crippen molar-refractivity contribution in [1.29, 1.82) is 0 Å². The van der Waals surface area contributed by atoms with E-state index >= 15 is 0 Å².